The minimum absolute atomic E-state index is 0.0557. The molecule has 1 aromatic heterocycles. The lowest BCUT2D eigenvalue weighted by molar-refractivity contribution is -0.118. The van der Waals surface area contributed by atoms with Crippen molar-refractivity contribution < 1.29 is 9.59 Å². The van der Waals surface area contributed by atoms with Crippen molar-refractivity contribution in [2.45, 2.75) is 39.3 Å². The molecular formula is C25H29N5O4. The number of amides is 2. The Balaban J connectivity index is 1.87. The molecular weight excluding hydrogens is 434 g/mol. The number of benzene rings is 2. The quantitative estimate of drug-likeness (QED) is 0.425. The molecule has 9 heteroatoms. The van der Waals surface area contributed by atoms with Crippen molar-refractivity contribution in [1.29, 1.82) is 0 Å². The summed E-state index contributed by atoms with van der Waals surface area (Å²) in [4.78, 5) is 54.2. The van der Waals surface area contributed by atoms with E-state index in [0.29, 0.717) is 18.5 Å². The van der Waals surface area contributed by atoms with Gasteiger partial charge in [0.2, 0.25) is 5.91 Å². The highest BCUT2D eigenvalue weighted by Gasteiger charge is 2.24. The maximum Gasteiger partial charge on any atom is 0.330 e. The molecule has 2 aromatic carbocycles. The topological polar surface area (TPSA) is 130 Å². The lowest BCUT2D eigenvalue weighted by atomic mass is 10.2. The number of carbonyl (C=O) groups excluding carboxylic acids is 2. The third-order valence-corrected chi connectivity index (χ3v) is 5.36. The molecule has 0 bridgehead atoms. The molecule has 34 heavy (non-hydrogen) atoms. The Morgan fingerprint density at radius 1 is 1.03 bits per heavy atom. The zero-order valence-corrected chi connectivity index (χ0v) is 19.1. The third kappa shape index (κ3) is 6.00. The number of unbranched alkanes of at least 4 members (excludes halogenated alkanes) is 1. The Hall–Kier alpha value is -4.14. The SMILES string of the molecule is CCCCn1c(N)c(N(Cc2ccccc2)C(=O)CCNC(=O)c2ccccc2)c(=O)[nH]c1=O. The van der Waals surface area contributed by atoms with Crippen LogP contribution in [0.4, 0.5) is 11.5 Å². The highest BCUT2D eigenvalue weighted by atomic mass is 16.2. The highest BCUT2D eigenvalue weighted by molar-refractivity contribution is 5.97. The Kier molecular flexibility index (Phi) is 8.39. The van der Waals surface area contributed by atoms with E-state index in [9.17, 15) is 19.2 Å². The second-order valence-electron chi connectivity index (χ2n) is 7.84. The number of nitrogen functional groups attached to an aromatic ring is 1. The largest absolute Gasteiger partial charge is 0.383 e. The van der Waals surface area contributed by atoms with E-state index < -0.39 is 17.2 Å². The summed E-state index contributed by atoms with van der Waals surface area (Å²) in [7, 11) is 0. The number of hydrogen-bond acceptors (Lipinski definition) is 5. The Labute approximate surface area is 197 Å². The number of nitrogens with two attached hydrogens (primary N) is 1. The first kappa shape index (κ1) is 24.5. The molecule has 0 saturated carbocycles. The summed E-state index contributed by atoms with van der Waals surface area (Å²) in [6, 6.07) is 17.8. The average Bonchev–Trinajstić information content (AvgIpc) is 2.84. The average molecular weight is 464 g/mol. The third-order valence-electron chi connectivity index (χ3n) is 5.36. The summed E-state index contributed by atoms with van der Waals surface area (Å²) >= 11 is 0. The van der Waals surface area contributed by atoms with Crippen LogP contribution in [0.3, 0.4) is 0 Å². The molecule has 3 aromatic rings. The first-order valence-corrected chi connectivity index (χ1v) is 11.2. The summed E-state index contributed by atoms with van der Waals surface area (Å²) in [5.41, 5.74) is 6.11. The molecule has 0 fully saturated rings. The molecule has 0 radical (unpaired) electrons. The van der Waals surface area contributed by atoms with Gasteiger partial charge in [-0.15, -0.1) is 0 Å². The first-order valence-electron chi connectivity index (χ1n) is 11.2. The van der Waals surface area contributed by atoms with Crippen LogP contribution >= 0.6 is 0 Å². The van der Waals surface area contributed by atoms with E-state index in [-0.39, 0.29) is 36.9 Å². The van der Waals surface area contributed by atoms with E-state index in [4.69, 9.17) is 5.73 Å². The van der Waals surface area contributed by atoms with Crippen LogP contribution in [-0.2, 0) is 17.9 Å². The second kappa shape index (κ2) is 11.6. The molecule has 0 aliphatic heterocycles. The predicted molar refractivity (Wildman–Crippen MR) is 132 cm³/mol. The van der Waals surface area contributed by atoms with Crippen LogP contribution in [0.15, 0.2) is 70.3 Å². The van der Waals surface area contributed by atoms with Crippen molar-refractivity contribution in [3.8, 4) is 0 Å². The van der Waals surface area contributed by atoms with Gasteiger partial charge in [0.15, 0.2) is 5.69 Å². The van der Waals surface area contributed by atoms with E-state index in [1.54, 1.807) is 24.3 Å². The number of carbonyl (C=O) groups is 2. The lowest BCUT2D eigenvalue weighted by Crippen LogP contribution is -2.41. The smallest absolute Gasteiger partial charge is 0.330 e. The molecule has 0 unspecified atom stereocenters. The summed E-state index contributed by atoms with van der Waals surface area (Å²) in [5.74, 6) is -0.761. The molecule has 3 rings (SSSR count). The standard InChI is InChI=1S/C25H29N5O4/c1-2-3-16-29-22(26)21(24(33)28-25(29)34)30(17-18-10-6-4-7-11-18)20(31)14-15-27-23(32)19-12-8-5-9-13-19/h4-13H,2-3,14-17,26H2,1H3,(H,27,32)(H,28,33,34). The Morgan fingerprint density at radius 2 is 1.68 bits per heavy atom. The van der Waals surface area contributed by atoms with Gasteiger partial charge in [0.1, 0.15) is 5.82 Å². The van der Waals surface area contributed by atoms with Crippen LogP contribution < -0.4 is 27.2 Å². The maximum atomic E-state index is 13.3. The summed E-state index contributed by atoms with van der Waals surface area (Å²) in [5, 5.41) is 2.72. The van der Waals surface area contributed by atoms with E-state index in [1.165, 1.54) is 9.47 Å². The lowest BCUT2D eigenvalue weighted by Gasteiger charge is -2.25. The number of hydrogen-bond donors (Lipinski definition) is 3. The van der Waals surface area contributed by atoms with Gasteiger partial charge in [-0.25, -0.2) is 4.79 Å². The second-order valence-corrected chi connectivity index (χ2v) is 7.84. The number of nitrogens with one attached hydrogen (secondary N) is 2. The van der Waals surface area contributed by atoms with Gasteiger partial charge in [0.05, 0.1) is 6.54 Å². The van der Waals surface area contributed by atoms with Crippen LogP contribution in [0.2, 0.25) is 0 Å². The minimum atomic E-state index is -0.729. The van der Waals surface area contributed by atoms with Crippen molar-refractivity contribution in [1.82, 2.24) is 14.9 Å². The maximum absolute atomic E-state index is 13.3. The highest BCUT2D eigenvalue weighted by Crippen LogP contribution is 2.21. The zero-order chi connectivity index (χ0) is 24.5. The van der Waals surface area contributed by atoms with Crippen LogP contribution in [0.25, 0.3) is 0 Å². The van der Waals surface area contributed by atoms with Crippen molar-refractivity contribution in [3.05, 3.63) is 92.6 Å². The van der Waals surface area contributed by atoms with Crippen molar-refractivity contribution in [2.24, 2.45) is 0 Å². The Morgan fingerprint density at radius 3 is 2.32 bits per heavy atom. The monoisotopic (exact) mass is 463 g/mol. The van der Waals surface area contributed by atoms with Gasteiger partial charge in [0.25, 0.3) is 11.5 Å². The van der Waals surface area contributed by atoms with Gasteiger partial charge in [-0.3, -0.25) is 23.9 Å². The zero-order valence-electron chi connectivity index (χ0n) is 19.1. The number of rotatable bonds is 10. The van der Waals surface area contributed by atoms with Crippen LogP contribution in [0.1, 0.15) is 42.1 Å². The molecule has 0 spiro atoms. The molecule has 2 amide bonds. The summed E-state index contributed by atoms with van der Waals surface area (Å²) in [6.07, 6.45) is 1.46. The fraction of sp³-hybridized carbons (Fsp3) is 0.280. The van der Waals surface area contributed by atoms with Crippen LogP contribution in [0.5, 0.6) is 0 Å². The number of anilines is 2. The molecule has 4 N–H and O–H groups in total. The van der Waals surface area contributed by atoms with Gasteiger partial charge in [0, 0.05) is 25.1 Å². The Bertz CT molecular complexity index is 1240. The van der Waals surface area contributed by atoms with Gasteiger partial charge in [-0.2, -0.15) is 0 Å². The van der Waals surface area contributed by atoms with E-state index in [1.807, 2.05) is 43.3 Å². The predicted octanol–water partition coefficient (Wildman–Crippen LogP) is 2.27. The molecule has 0 aliphatic carbocycles. The number of nitrogens with zero attached hydrogens (tertiary/aromatic N) is 2. The number of H-pyrrole nitrogens is 1. The van der Waals surface area contributed by atoms with Gasteiger partial charge in [-0.1, -0.05) is 61.9 Å². The van der Waals surface area contributed by atoms with Crippen molar-refractivity contribution >= 4 is 23.3 Å². The molecule has 9 nitrogen and oxygen atoms in total. The fourth-order valence-electron chi connectivity index (χ4n) is 3.54. The van der Waals surface area contributed by atoms with Crippen LogP contribution in [-0.4, -0.2) is 27.9 Å². The molecule has 178 valence electrons. The molecule has 0 saturated heterocycles. The van der Waals surface area contributed by atoms with Gasteiger partial charge < -0.3 is 16.0 Å². The number of aromatic nitrogens is 2. The van der Waals surface area contributed by atoms with Gasteiger partial charge >= 0.3 is 5.69 Å². The van der Waals surface area contributed by atoms with E-state index >= 15 is 0 Å². The van der Waals surface area contributed by atoms with Crippen molar-refractivity contribution in [3.63, 3.8) is 0 Å². The normalized spacial score (nSPS) is 10.6. The fourth-order valence-corrected chi connectivity index (χ4v) is 3.54. The minimum Gasteiger partial charge on any atom is -0.383 e. The molecule has 1 heterocycles. The van der Waals surface area contributed by atoms with E-state index in [2.05, 4.69) is 10.3 Å². The van der Waals surface area contributed by atoms with Gasteiger partial charge in [-0.05, 0) is 24.1 Å². The molecule has 0 atom stereocenters. The van der Waals surface area contributed by atoms with Crippen LogP contribution in [0, 0.1) is 0 Å². The molecule has 0 aliphatic rings. The first-order chi connectivity index (χ1) is 16.4. The number of aromatic amines is 1. The summed E-state index contributed by atoms with van der Waals surface area (Å²) in [6.45, 7) is 2.46. The summed E-state index contributed by atoms with van der Waals surface area (Å²) < 4.78 is 1.28. The van der Waals surface area contributed by atoms with E-state index in [0.717, 1.165) is 12.0 Å². The van der Waals surface area contributed by atoms with Crippen molar-refractivity contribution in [2.75, 3.05) is 17.2 Å².